The van der Waals surface area contributed by atoms with Crippen molar-refractivity contribution in [3.63, 3.8) is 0 Å². The molecule has 2 aromatic carbocycles. The number of para-hydroxylation sites is 1. The third-order valence-electron chi connectivity index (χ3n) is 3.67. The Balaban J connectivity index is 0.00000196. The van der Waals surface area contributed by atoms with Crippen LogP contribution in [0.3, 0.4) is 0 Å². The van der Waals surface area contributed by atoms with Crippen LogP contribution in [-0.2, 0) is 16.0 Å². The first kappa shape index (κ1) is 26.7. The van der Waals surface area contributed by atoms with Crippen molar-refractivity contribution in [2.24, 2.45) is 0 Å². The molecule has 0 aliphatic rings. The standard InChI is InChI=1S/C17H13BrF2NO3PS.2Na/c18-15-7-11(5-6-14(15)17(19,20)25(22,23)24)10-26-13-8-12-3-1-2-4-16(12)21-9-13;;/h1-9H,10H2,(H2,22,23,24);;/q;2*+1/p-2. The molecule has 0 fully saturated rings. The van der Waals surface area contributed by atoms with Crippen LogP contribution < -0.4 is 68.9 Å². The molecular formula is C17H11BrF2NNa2O3PS. The van der Waals surface area contributed by atoms with E-state index in [1.165, 1.54) is 23.9 Å². The molecule has 0 saturated carbocycles. The molecule has 136 valence electrons. The average Bonchev–Trinajstić information content (AvgIpc) is 2.58. The summed E-state index contributed by atoms with van der Waals surface area (Å²) in [4.78, 5) is 26.9. The van der Waals surface area contributed by atoms with Crippen molar-refractivity contribution < 1.29 is 82.2 Å². The van der Waals surface area contributed by atoms with Gasteiger partial charge in [0.1, 0.15) is 0 Å². The van der Waals surface area contributed by atoms with Crippen molar-refractivity contribution in [3.05, 3.63) is 70.3 Å². The van der Waals surface area contributed by atoms with Crippen LogP contribution in [-0.4, -0.2) is 4.98 Å². The van der Waals surface area contributed by atoms with Gasteiger partial charge in [-0.1, -0.05) is 46.3 Å². The summed E-state index contributed by atoms with van der Waals surface area (Å²) in [7, 11) is -6.10. The normalized spacial score (nSPS) is 11.6. The molecule has 0 unspecified atom stereocenters. The minimum atomic E-state index is -6.10. The van der Waals surface area contributed by atoms with Crippen LogP contribution in [0.15, 0.2) is 64.1 Å². The van der Waals surface area contributed by atoms with Crippen molar-refractivity contribution in [1.29, 1.82) is 0 Å². The van der Waals surface area contributed by atoms with Gasteiger partial charge in [-0.2, -0.15) is 8.78 Å². The number of fused-ring (bicyclic) bond motifs is 1. The number of pyridine rings is 1. The average molecular weight is 504 g/mol. The van der Waals surface area contributed by atoms with Crippen molar-refractivity contribution in [2.75, 3.05) is 0 Å². The van der Waals surface area contributed by atoms with Gasteiger partial charge in [-0.3, -0.25) is 4.98 Å². The quantitative estimate of drug-likeness (QED) is 0.235. The van der Waals surface area contributed by atoms with Gasteiger partial charge in [-0.15, -0.1) is 11.8 Å². The van der Waals surface area contributed by atoms with Crippen LogP contribution in [0.5, 0.6) is 0 Å². The number of alkyl halides is 2. The summed E-state index contributed by atoms with van der Waals surface area (Å²) in [5, 5.41) is 0.996. The first-order chi connectivity index (χ1) is 12.2. The van der Waals surface area contributed by atoms with E-state index in [0.717, 1.165) is 21.9 Å². The number of nitrogens with zero attached hydrogens (tertiary/aromatic N) is 1. The van der Waals surface area contributed by atoms with E-state index in [2.05, 4.69) is 20.9 Å². The molecule has 0 bridgehead atoms. The number of aromatic nitrogens is 1. The number of benzene rings is 2. The zero-order valence-electron chi connectivity index (χ0n) is 15.1. The molecule has 1 heterocycles. The molecule has 0 atom stereocenters. The number of thioether (sulfide) groups is 1. The summed E-state index contributed by atoms with van der Waals surface area (Å²) < 4.78 is 38.1. The van der Waals surface area contributed by atoms with E-state index in [9.17, 15) is 23.1 Å². The maximum Gasteiger partial charge on any atom is 1.00 e. The Morgan fingerprint density at radius 2 is 1.79 bits per heavy atom. The number of hydrogen-bond donors (Lipinski definition) is 0. The molecule has 0 amide bonds. The summed E-state index contributed by atoms with van der Waals surface area (Å²) >= 11 is 4.40. The van der Waals surface area contributed by atoms with Gasteiger partial charge in [0.25, 0.3) is 5.66 Å². The Bertz CT molecular complexity index is 1020. The van der Waals surface area contributed by atoms with Crippen molar-refractivity contribution in [1.82, 2.24) is 4.98 Å². The van der Waals surface area contributed by atoms with E-state index in [4.69, 9.17) is 0 Å². The maximum atomic E-state index is 13.7. The van der Waals surface area contributed by atoms with Crippen molar-refractivity contribution >= 4 is 46.2 Å². The van der Waals surface area contributed by atoms with Crippen molar-refractivity contribution in [3.8, 4) is 0 Å². The summed E-state index contributed by atoms with van der Waals surface area (Å²) in [6.07, 6.45) is 1.73. The van der Waals surface area contributed by atoms with Gasteiger partial charge in [0.2, 0.25) is 0 Å². The summed E-state index contributed by atoms with van der Waals surface area (Å²) in [5.74, 6) is 0.469. The fraction of sp³-hybridized carbons (Fsp3) is 0.118. The molecule has 28 heavy (non-hydrogen) atoms. The Morgan fingerprint density at radius 1 is 1.11 bits per heavy atom. The second-order valence-electron chi connectivity index (χ2n) is 5.51. The van der Waals surface area contributed by atoms with Gasteiger partial charge in [0, 0.05) is 39.9 Å². The molecule has 4 nitrogen and oxygen atoms in total. The number of halogens is 3. The topological polar surface area (TPSA) is 76.1 Å². The fourth-order valence-electron chi connectivity index (χ4n) is 2.34. The monoisotopic (exact) mass is 503 g/mol. The second kappa shape index (κ2) is 10.8. The molecular weight excluding hydrogens is 493 g/mol. The van der Waals surface area contributed by atoms with Gasteiger partial charge in [0.15, 0.2) is 0 Å². The zero-order chi connectivity index (χ0) is 18.9. The second-order valence-corrected chi connectivity index (χ2v) is 8.97. The third-order valence-corrected chi connectivity index (χ3v) is 6.29. The van der Waals surface area contributed by atoms with Crippen LogP contribution in [0.25, 0.3) is 10.9 Å². The van der Waals surface area contributed by atoms with Gasteiger partial charge in [-0.05, 0) is 23.8 Å². The van der Waals surface area contributed by atoms with E-state index in [1.807, 2.05) is 30.3 Å². The summed E-state index contributed by atoms with van der Waals surface area (Å²) in [6, 6.07) is 13.4. The Hall–Kier alpha value is 0.690. The van der Waals surface area contributed by atoms with Gasteiger partial charge >= 0.3 is 59.1 Å². The Morgan fingerprint density at radius 3 is 2.43 bits per heavy atom. The minimum absolute atomic E-state index is 0. The largest absolute Gasteiger partial charge is 1.00 e. The summed E-state index contributed by atoms with van der Waals surface area (Å²) in [5.41, 5.74) is -3.74. The van der Waals surface area contributed by atoms with E-state index in [0.29, 0.717) is 11.3 Å². The zero-order valence-corrected chi connectivity index (χ0v) is 22.4. The minimum Gasteiger partial charge on any atom is -0.806 e. The molecule has 0 N–H and O–H groups in total. The first-order valence-corrected chi connectivity index (χ1v) is 10.7. The predicted octanol–water partition coefficient (Wildman–Crippen LogP) is -1.74. The molecule has 11 heteroatoms. The molecule has 0 aliphatic carbocycles. The van der Waals surface area contributed by atoms with Crippen LogP contribution in [0.1, 0.15) is 11.1 Å². The SMILES string of the molecule is O=P([O-])([O-])C(F)(F)c1ccc(CSc2cnc3ccccc3c2)cc1Br.[Na+].[Na+]. The van der Waals surface area contributed by atoms with Gasteiger partial charge in [0.05, 0.1) is 5.52 Å². The van der Waals surface area contributed by atoms with Crippen LogP contribution in [0, 0.1) is 0 Å². The number of rotatable bonds is 5. The molecule has 0 aliphatic heterocycles. The van der Waals surface area contributed by atoms with Gasteiger partial charge in [-0.25, -0.2) is 0 Å². The molecule has 0 radical (unpaired) electrons. The number of hydrogen-bond acceptors (Lipinski definition) is 5. The molecule has 0 saturated heterocycles. The smallest absolute Gasteiger partial charge is 0.806 e. The molecule has 3 aromatic rings. The first-order valence-electron chi connectivity index (χ1n) is 7.35. The Kier molecular flexibility index (Phi) is 10.3. The molecule has 1 aromatic heterocycles. The Labute approximate surface area is 217 Å². The maximum absolute atomic E-state index is 13.7. The third kappa shape index (κ3) is 6.11. The van der Waals surface area contributed by atoms with Crippen LogP contribution in [0.4, 0.5) is 8.78 Å². The fourth-order valence-corrected chi connectivity index (χ4v) is 4.51. The van der Waals surface area contributed by atoms with E-state index >= 15 is 0 Å². The van der Waals surface area contributed by atoms with Crippen LogP contribution in [0.2, 0.25) is 0 Å². The molecule has 0 spiro atoms. The van der Waals surface area contributed by atoms with E-state index < -0.39 is 18.8 Å². The summed E-state index contributed by atoms with van der Waals surface area (Å²) in [6.45, 7) is 0. The van der Waals surface area contributed by atoms with Gasteiger partial charge < -0.3 is 14.4 Å². The van der Waals surface area contributed by atoms with E-state index in [1.54, 1.807) is 6.20 Å². The molecule has 3 rings (SSSR count). The van der Waals surface area contributed by atoms with E-state index in [-0.39, 0.29) is 63.6 Å². The van der Waals surface area contributed by atoms with Crippen molar-refractivity contribution in [2.45, 2.75) is 16.3 Å². The van der Waals surface area contributed by atoms with Crippen LogP contribution >= 0.6 is 35.3 Å². The predicted molar refractivity (Wildman–Crippen MR) is 96.9 cm³/mol.